The van der Waals surface area contributed by atoms with Crippen LogP contribution in [0.15, 0.2) is 24.3 Å². The van der Waals surface area contributed by atoms with E-state index in [0.717, 1.165) is 12.0 Å². The summed E-state index contributed by atoms with van der Waals surface area (Å²) in [6.45, 7) is 6.32. The van der Waals surface area contributed by atoms with Gasteiger partial charge >= 0.3 is 0 Å². The van der Waals surface area contributed by atoms with Crippen LogP contribution in [0.2, 0.25) is 0 Å². The van der Waals surface area contributed by atoms with Crippen molar-refractivity contribution in [2.24, 2.45) is 0 Å². The van der Waals surface area contributed by atoms with E-state index in [1.807, 2.05) is 38.2 Å². The maximum Gasteiger partial charge on any atom is 0.179 e. The Labute approximate surface area is 98.1 Å². The van der Waals surface area contributed by atoms with Crippen LogP contribution in [0.1, 0.15) is 49.0 Å². The molecule has 2 nitrogen and oxygen atoms in total. The van der Waals surface area contributed by atoms with Gasteiger partial charge in [0.1, 0.15) is 0 Å². The average molecular weight is 219 g/mol. The zero-order chi connectivity index (χ0) is 12.1. The molecule has 1 atom stereocenters. The van der Waals surface area contributed by atoms with Gasteiger partial charge in [0, 0.05) is 5.56 Å². The highest BCUT2D eigenvalue weighted by molar-refractivity contribution is 6.00. The van der Waals surface area contributed by atoms with Crippen molar-refractivity contribution in [2.75, 3.05) is 7.05 Å². The van der Waals surface area contributed by atoms with Crippen LogP contribution in [0.4, 0.5) is 0 Å². The van der Waals surface area contributed by atoms with Crippen LogP contribution < -0.4 is 5.32 Å². The topological polar surface area (TPSA) is 29.1 Å². The lowest BCUT2D eigenvalue weighted by Gasteiger charge is -2.13. The summed E-state index contributed by atoms with van der Waals surface area (Å²) in [6.07, 6.45) is 0.821. The van der Waals surface area contributed by atoms with Crippen molar-refractivity contribution >= 4 is 5.78 Å². The third kappa shape index (κ3) is 2.92. The number of nitrogens with one attached hydrogen (secondary N) is 1. The lowest BCUT2D eigenvalue weighted by Crippen LogP contribution is -2.33. The van der Waals surface area contributed by atoms with E-state index in [1.54, 1.807) is 0 Å². The summed E-state index contributed by atoms with van der Waals surface area (Å²) >= 11 is 0. The first kappa shape index (κ1) is 12.9. The zero-order valence-corrected chi connectivity index (χ0v) is 10.6. The Morgan fingerprint density at radius 1 is 1.25 bits per heavy atom. The van der Waals surface area contributed by atoms with Gasteiger partial charge in [-0.15, -0.1) is 0 Å². The molecule has 0 saturated heterocycles. The number of rotatable bonds is 5. The van der Waals surface area contributed by atoms with Crippen LogP contribution in [-0.2, 0) is 0 Å². The highest BCUT2D eigenvalue weighted by atomic mass is 16.1. The van der Waals surface area contributed by atoms with Crippen molar-refractivity contribution in [1.29, 1.82) is 0 Å². The molecule has 0 aromatic heterocycles. The molecule has 2 heteroatoms. The third-order valence-electron chi connectivity index (χ3n) is 2.94. The number of carbonyl (C=O) groups is 1. The van der Waals surface area contributed by atoms with Crippen molar-refractivity contribution in [1.82, 2.24) is 5.32 Å². The van der Waals surface area contributed by atoms with Gasteiger partial charge < -0.3 is 5.32 Å². The first-order valence-electron chi connectivity index (χ1n) is 5.91. The average Bonchev–Trinajstić information content (AvgIpc) is 2.30. The van der Waals surface area contributed by atoms with Crippen LogP contribution in [0, 0.1) is 0 Å². The second-order valence-corrected chi connectivity index (χ2v) is 4.39. The van der Waals surface area contributed by atoms with Crippen LogP contribution in [0.5, 0.6) is 0 Å². The van der Waals surface area contributed by atoms with Gasteiger partial charge in [0.25, 0.3) is 0 Å². The summed E-state index contributed by atoms with van der Waals surface area (Å²) < 4.78 is 0. The van der Waals surface area contributed by atoms with E-state index < -0.39 is 0 Å². The Morgan fingerprint density at radius 2 is 1.81 bits per heavy atom. The van der Waals surface area contributed by atoms with Crippen molar-refractivity contribution in [3.05, 3.63) is 35.4 Å². The molecule has 0 aliphatic heterocycles. The second-order valence-electron chi connectivity index (χ2n) is 4.39. The molecule has 0 aliphatic carbocycles. The molecule has 88 valence electrons. The van der Waals surface area contributed by atoms with Crippen molar-refractivity contribution < 1.29 is 4.79 Å². The van der Waals surface area contributed by atoms with E-state index >= 15 is 0 Å². The van der Waals surface area contributed by atoms with Crippen molar-refractivity contribution in [2.45, 2.75) is 39.2 Å². The number of Topliss-reactive ketones (excluding diaryl/α,β-unsaturated/α-hetero) is 1. The quantitative estimate of drug-likeness (QED) is 0.771. The molecule has 1 N–H and O–H groups in total. The molecule has 0 amide bonds. The van der Waals surface area contributed by atoms with Gasteiger partial charge in [-0.3, -0.25) is 4.79 Å². The Hall–Kier alpha value is -1.15. The van der Waals surface area contributed by atoms with Gasteiger partial charge in [-0.05, 0) is 24.9 Å². The van der Waals surface area contributed by atoms with Crippen LogP contribution in [0.25, 0.3) is 0 Å². The first-order chi connectivity index (χ1) is 7.60. The summed E-state index contributed by atoms with van der Waals surface area (Å²) in [6, 6.07) is 7.88. The minimum Gasteiger partial charge on any atom is -0.310 e. The highest BCUT2D eigenvalue weighted by Gasteiger charge is 2.15. The van der Waals surface area contributed by atoms with E-state index in [0.29, 0.717) is 5.92 Å². The maximum atomic E-state index is 12.0. The standard InChI is InChI=1S/C14H21NO/c1-5-13(15-4)14(16)12-8-6-11(7-9-12)10(2)3/h6-10,13,15H,5H2,1-4H3. The fourth-order valence-electron chi connectivity index (χ4n) is 1.75. The van der Waals surface area contributed by atoms with E-state index in [-0.39, 0.29) is 11.8 Å². The number of likely N-dealkylation sites (N-methyl/N-ethyl adjacent to an activating group) is 1. The van der Waals surface area contributed by atoms with Crippen molar-refractivity contribution in [3.63, 3.8) is 0 Å². The van der Waals surface area contributed by atoms with Gasteiger partial charge in [-0.25, -0.2) is 0 Å². The monoisotopic (exact) mass is 219 g/mol. The molecule has 0 bridgehead atoms. The van der Waals surface area contributed by atoms with Gasteiger partial charge in [0.2, 0.25) is 0 Å². The number of hydrogen-bond acceptors (Lipinski definition) is 2. The van der Waals surface area contributed by atoms with E-state index in [4.69, 9.17) is 0 Å². The minimum atomic E-state index is -0.0649. The lowest BCUT2D eigenvalue weighted by atomic mass is 9.97. The number of hydrogen-bond donors (Lipinski definition) is 1. The van der Waals surface area contributed by atoms with Gasteiger partial charge in [0.05, 0.1) is 6.04 Å². The summed E-state index contributed by atoms with van der Waals surface area (Å²) in [5.74, 6) is 0.690. The molecule has 0 saturated carbocycles. The van der Waals surface area contributed by atoms with Crippen molar-refractivity contribution in [3.8, 4) is 0 Å². The summed E-state index contributed by atoms with van der Waals surface area (Å²) in [5, 5.41) is 3.04. The molecule has 0 spiro atoms. The normalized spacial score (nSPS) is 12.8. The Morgan fingerprint density at radius 3 is 2.19 bits per heavy atom. The Bertz CT molecular complexity index is 336. The number of carbonyl (C=O) groups excluding carboxylic acids is 1. The summed E-state index contributed by atoms with van der Waals surface area (Å²) in [5.41, 5.74) is 2.07. The molecule has 1 unspecified atom stereocenters. The molecule has 0 aliphatic rings. The van der Waals surface area contributed by atoms with Crippen LogP contribution >= 0.6 is 0 Å². The first-order valence-corrected chi connectivity index (χ1v) is 5.91. The summed E-state index contributed by atoms with van der Waals surface area (Å²) in [4.78, 5) is 12.0. The van der Waals surface area contributed by atoms with E-state index in [1.165, 1.54) is 5.56 Å². The maximum absolute atomic E-state index is 12.0. The molecular weight excluding hydrogens is 198 g/mol. The molecule has 0 radical (unpaired) electrons. The largest absolute Gasteiger partial charge is 0.310 e. The number of ketones is 1. The predicted octanol–water partition coefficient (Wildman–Crippen LogP) is 2.99. The van der Waals surface area contributed by atoms with Gasteiger partial charge in [0.15, 0.2) is 5.78 Å². The van der Waals surface area contributed by atoms with Crippen LogP contribution in [0.3, 0.4) is 0 Å². The molecule has 0 fully saturated rings. The van der Waals surface area contributed by atoms with E-state index in [9.17, 15) is 4.79 Å². The Balaban J connectivity index is 2.85. The smallest absolute Gasteiger partial charge is 0.179 e. The fourth-order valence-corrected chi connectivity index (χ4v) is 1.75. The molecule has 16 heavy (non-hydrogen) atoms. The molecular formula is C14H21NO. The van der Waals surface area contributed by atoms with Gasteiger partial charge in [-0.1, -0.05) is 45.0 Å². The lowest BCUT2D eigenvalue weighted by molar-refractivity contribution is 0.0945. The molecule has 1 aromatic carbocycles. The SMILES string of the molecule is CCC(NC)C(=O)c1ccc(C(C)C)cc1. The second kappa shape index (κ2) is 5.80. The fraction of sp³-hybridized carbons (Fsp3) is 0.500. The van der Waals surface area contributed by atoms with E-state index in [2.05, 4.69) is 19.2 Å². The Kier molecular flexibility index (Phi) is 4.69. The zero-order valence-electron chi connectivity index (χ0n) is 10.6. The minimum absolute atomic E-state index is 0.0649. The predicted molar refractivity (Wildman–Crippen MR) is 68.0 cm³/mol. The molecule has 1 rings (SSSR count). The number of benzene rings is 1. The molecule has 0 heterocycles. The highest BCUT2D eigenvalue weighted by Crippen LogP contribution is 2.15. The van der Waals surface area contributed by atoms with Crippen LogP contribution in [-0.4, -0.2) is 18.9 Å². The third-order valence-corrected chi connectivity index (χ3v) is 2.94. The van der Waals surface area contributed by atoms with Gasteiger partial charge in [-0.2, -0.15) is 0 Å². The molecule has 1 aromatic rings. The summed E-state index contributed by atoms with van der Waals surface area (Å²) in [7, 11) is 1.83.